The number of halogens is 2. The maximum atomic E-state index is 13.2. The SMILES string of the molecule is N#Cc1c(N2CCOCC2)sc(C(=O)Nc2ccccn2)c1-c1ccc(Cl)cc1Cl. The van der Waals surface area contributed by atoms with Gasteiger partial charge in [-0.05, 0) is 24.3 Å². The van der Waals surface area contributed by atoms with Crippen LogP contribution in [0.3, 0.4) is 0 Å². The lowest BCUT2D eigenvalue weighted by Gasteiger charge is -2.27. The summed E-state index contributed by atoms with van der Waals surface area (Å²) < 4.78 is 5.43. The van der Waals surface area contributed by atoms with Crippen LogP contribution >= 0.6 is 34.5 Å². The standard InChI is InChI=1S/C21H16Cl2N4O2S/c22-13-4-5-14(16(23)11-13)18-15(12-24)21(27-7-9-29-10-8-27)30-19(18)20(28)26-17-3-1-2-6-25-17/h1-6,11H,7-10H2,(H,25,26,28). The molecule has 3 aromatic rings. The molecule has 1 amide bonds. The van der Waals surface area contributed by atoms with Crippen LogP contribution in [0.15, 0.2) is 42.6 Å². The van der Waals surface area contributed by atoms with Gasteiger partial charge in [0.15, 0.2) is 0 Å². The Hall–Kier alpha value is -2.63. The number of aromatic nitrogens is 1. The molecule has 1 saturated heterocycles. The Morgan fingerprint density at radius 2 is 2.03 bits per heavy atom. The summed E-state index contributed by atoms with van der Waals surface area (Å²) in [7, 11) is 0. The number of hydrogen-bond acceptors (Lipinski definition) is 6. The molecule has 4 rings (SSSR count). The first-order valence-corrected chi connectivity index (χ1v) is 10.7. The van der Waals surface area contributed by atoms with Crippen molar-refractivity contribution < 1.29 is 9.53 Å². The highest BCUT2D eigenvalue weighted by Crippen LogP contribution is 2.45. The van der Waals surface area contributed by atoms with Crippen molar-refractivity contribution in [3.8, 4) is 17.2 Å². The molecule has 0 bridgehead atoms. The van der Waals surface area contributed by atoms with E-state index in [-0.39, 0.29) is 5.91 Å². The minimum absolute atomic E-state index is 0.351. The monoisotopic (exact) mass is 458 g/mol. The van der Waals surface area contributed by atoms with E-state index < -0.39 is 0 Å². The van der Waals surface area contributed by atoms with E-state index in [0.29, 0.717) is 63.7 Å². The van der Waals surface area contributed by atoms with E-state index in [1.54, 1.807) is 42.6 Å². The Morgan fingerprint density at radius 3 is 2.70 bits per heavy atom. The summed E-state index contributed by atoms with van der Waals surface area (Å²) in [4.78, 5) is 19.8. The van der Waals surface area contributed by atoms with E-state index in [1.807, 2.05) is 0 Å². The maximum absolute atomic E-state index is 13.2. The summed E-state index contributed by atoms with van der Waals surface area (Å²) in [6, 6.07) is 12.6. The first kappa shape index (κ1) is 20.6. The summed E-state index contributed by atoms with van der Waals surface area (Å²) in [6.45, 7) is 2.42. The number of amides is 1. The number of pyridine rings is 1. The van der Waals surface area contributed by atoms with Gasteiger partial charge in [-0.15, -0.1) is 11.3 Å². The Bertz CT molecular complexity index is 1120. The molecule has 0 radical (unpaired) electrons. The van der Waals surface area contributed by atoms with Crippen LogP contribution in [0.2, 0.25) is 10.0 Å². The second-order valence-corrected chi connectivity index (χ2v) is 8.33. The molecule has 1 N–H and O–H groups in total. The summed E-state index contributed by atoms with van der Waals surface area (Å²) >= 11 is 13.8. The largest absolute Gasteiger partial charge is 0.378 e. The molecule has 1 fully saturated rings. The van der Waals surface area contributed by atoms with Crippen molar-refractivity contribution in [3.63, 3.8) is 0 Å². The third-order valence-corrected chi connectivity index (χ3v) is 6.41. The second-order valence-electron chi connectivity index (χ2n) is 6.49. The summed E-state index contributed by atoms with van der Waals surface area (Å²) in [5, 5.41) is 14.4. The molecule has 0 spiro atoms. The second kappa shape index (κ2) is 9.02. The van der Waals surface area contributed by atoms with Crippen LogP contribution in [0.5, 0.6) is 0 Å². The van der Waals surface area contributed by atoms with Gasteiger partial charge >= 0.3 is 0 Å². The Labute approximate surface area is 187 Å². The van der Waals surface area contributed by atoms with Gasteiger partial charge in [0.05, 0.1) is 18.8 Å². The van der Waals surface area contributed by atoms with E-state index in [0.717, 1.165) is 5.00 Å². The number of carbonyl (C=O) groups excluding carboxylic acids is 1. The van der Waals surface area contributed by atoms with Gasteiger partial charge in [-0.1, -0.05) is 35.3 Å². The van der Waals surface area contributed by atoms with Gasteiger partial charge < -0.3 is 15.0 Å². The number of carbonyl (C=O) groups is 1. The highest BCUT2D eigenvalue weighted by molar-refractivity contribution is 7.19. The predicted molar refractivity (Wildman–Crippen MR) is 120 cm³/mol. The van der Waals surface area contributed by atoms with Crippen LogP contribution < -0.4 is 10.2 Å². The summed E-state index contributed by atoms with van der Waals surface area (Å²) in [6.07, 6.45) is 1.60. The van der Waals surface area contributed by atoms with Crippen molar-refractivity contribution in [2.75, 3.05) is 36.5 Å². The molecule has 3 heterocycles. The van der Waals surface area contributed by atoms with Crippen molar-refractivity contribution in [1.29, 1.82) is 5.26 Å². The fraction of sp³-hybridized carbons (Fsp3) is 0.190. The first-order chi connectivity index (χ1) is 14.6. The zero-order valence-electron chi connectivity index (χ0n) is 15.7. The van der Waals surface area contributed by atoms with Crippen molar-refractivity contribution in [2.45, 2.75) is 0 Å². The van der Waals surface area contributed by atoms with Gasteiger partial charge in [0, 0.05) is 40.5 Å². The molecule has 0 saturated carbocycles. The van der Waals surface area contributed by atoms with E-state index in [4.69, 9.17) is 27.9 Å². The van der Waals surface area contributed by atoms with Crippen LogP contribution in [0, 0.1) is 11.3 Å². The number of nitrogens with zero attached hydrogens (tertiary/aromatic N) is 3. The smallest absolute Gasteiger partial charge is 0.267 e. The predicted octanol–water partition coefficient (Wildman–Crippen LogP) is 5.08. The Morgan fingerprint density at radius 1 is 1.23 bits per heavy atom. The molecular weight excluding hydrogens is 443 g/mol. The van der Waals surface area contributed by atoms with E-state index >= 15 is 0 Å². The number of nitrogens with one attached hydrogen (secondary N) is 1. The number of hydrogen-bond donors (Lipinski definition) is 1. The summed E-state index contributed by atoms with van der Waals surface area (Å²) in [5.41, 5.74) is 1.50. The number of thiophene rings is 1. The van der Waals surface area contributed by atoms with Gasteiger partial charge in [-0.2, -0.15) is 5.26 Å². The molecule has 9 heteroatoms. The molecule has 30 heavy (non-hydrogen) atoms. The third-order valence-electron chi connectivity index (χ3n) is 4.61. The summed E-state index contributed by atoms with van der Waals surface area (Å²) in [5.74, 6) is 0.0752. The van der Waals surface area contributed by atoms with E-state index in [2.05, 4.69) is 21.3 Å². The molecular formula is C21H16Cl2N4O2S. The zero-order chi connectivity index (χ0) is 21.1. The maximum Gasteiger partial charge on any atom is 0.267 e. The van der Waals surface area contributed by atoms with Crippen molar-refractivity contribution >= 4 is 51.3 Å². The zero-order valence-corrected chi connectivity index (χ0v) is 18.0. The van der Waals surface area contributed by atoms with Gasteiger partial charge in [0.25, 0.3) is 5.91 Å². The lowest BCUT2D eigenvalue weighted by atomic mass is 10.0. The molecule has 6 nitrogen and oxygen atoms in total. The molecule has 1 aromatic carbocycles. The lowest BCUT2D eigenvalue weighted by molar-refractivity contribution is 0.103. The Kier molecular flexibility index (Phi) is 6.21. The number of morpholine rings is 1. The molecule has 152 valence electrons. The van der Waals surface area contributed by atoms with Gasteiger partial charge in [-0.3, -0.25) is 4.79 Å². The first-order valence-electron chi connectivity index (χ1n) is 9.16. The van der Waals surface area contributed by atoms with Gasteiger partial charge in [0.2, 0.25) is 0 Å². The van der Waals surface area contributed by atoms with Crippen LogP contribution in [0.1, 0.15) is 15.2 Å². The fourth-order valence-electron chi connectivity index (χ4n) is 3.23. The normalized spacial score (nSPS) is 13.7. The Balaban J connectivity index is 1.85. The molecule has 0 atom stereocenters. The molecule has 0 aliphatic carbocycles. The third kappa shape index (κ3) is 4.13. The molecule has 2 aromatic heterocycles. The number of nitriles is 1. The molecule has 0 unspecified atom stereocenters. The fourth-order valence-corrected chi connectivity index (χ4v) is 4.95. The van der Waals surface area contributed by atoms with Crippen molar-refractivity contribution in [1.82, 2.24) is 4.98 Å². The van der Waals surface area contributed by atoms with Crippen molar-refractivity contribution in [3.05, 3.63) is 63.1 Å². The quantitative estimate of drug-likeness (QED) is 0.589. The lowest BCUT2D eigenvalue weighted by Crippen LogP contribution is -2.36. The van der Waals surface area contributed by atoms with Crippen LogP contribution in [0.25, 0.3) is 11.1 Å². The van der Waals surface area contributed by atoms with Crippen molar-refractivity contribution in [2.24, 2.45) is 0 Å². The molecule has 1 aliphatic heterocycles. The topological polar surface area (TPSA) is 78.2 Å². The number of benzene rings is 1. The number of rotatable bonds is 4. The van der Waals surface area contributed by atoms with Crippen LogP contribution in [-0.4, -0.2) is 37.2 Å². The van der Waals surface area contributed by atoms with Gasteiger partial charge in [0.1, 0.15) is 21.8 Å². The number of ether oxygens (including phenoxy) is 1. The average Bonchev–Trinajstić information content (AvgIpc) is 3.14. The minimum Gasteiger partial charge on any atom is -0.378 e. The van der Waals surface area contributed by atoms with Crippen LogP contribution in [-0.2, 0) is 4.74 Å². The highest BCUT2D eigenvalue weighted by Gasteiger charge is 2.29. The van der Waals surface area contributed by atoms with E-state index in [9.17, 15) is 10.1 Å². The molecule has 1 aliphatic rings. The van der Waals surface area contributed by atoms with Crippen LogP contribution in [0.4, 0.5) is 10.8 Å². The van der Waals surface area contributed by atoms with E-state index in [1.165, 1.54) is 11.3 Å². The minimum atomic E-state index is -0.351. The highest BCUT2D eigenvalue weighted by atomic mass is 35.5. The van der Waals surface area contributed by atoms with Gasteiger partial charge in [-0.25, -0.2) is 4.98 Å². The average molecular weight is 459 g/mol. The number of anilines is 2.